The number of rotatable bonds is 5. The number of aromatic nitrogens is 2. The first kappa shape index (κ1) is 17.5. The molecule has 3 rings (SSSR count). The lowest BCUT2D eigenvalue weighted by Gasteiger charge is -2.13. The van der Waals surface area contributed by atoms with Crippen molar-refractivity contribution in [2.24, 2.45) is 0 Å². The maximum absolute atomic E-state index is 12.6. The minimum atomic E-state index is -0.442. The van der Waals surface area contributed by atoms with Crippen LogP contribution >= 0.6 is 0 Å². The molecular weight excluding hydrogens is 326 g/mol. The molecule has 0 aliphatic heterocycles. The Kier molecular flexibility index (Phi) is 5.17. The third kappa shape index (κ3) is 4.00. The summed E-state index contributed by atoms with van der Waals surface area (Å²) in [5.41, 5.74) is 2.71. The average Bonchev–Trinajstić information content (AvgIpc) is 2.67. The summed E-state index contributed by atoms with van der Waals surface area (Å²) in [7, 11) is 0. The fourth-order valence-corrected chi connectivity index (χ4v) is 2.58. The lowest BCUT2D eigenvalue weighted by Crippen LogP contribution is -2.20. The first-order valence-electron chi connectivity index (χ1n) is 8.35. The van der Waals surface area contributed by atoms with E-state index in [1.54, 1.807) is 49.5 Å². The number of aryl methyl sites for hydroxylation is 1. The van der Waals surface area contributed by atoms with Crippen LogP contribution in [0.3, 0.4) is 0 Å². The van der Waals surface area contributed by atoms with Crippen molar-refractivity contribution < 1.29 is 9.59 Å². The number of benzene rings is 2. The van der Waals surface area contributed by atoms with Gasteiger partial charge in [0, 0.05) is 23.0 Å². The monoisotopic (exact) mass is 345 g/mol. The first-order chi connectivity index (χ1) is 12.5. The van der Waals surface area contributed by atoms with Crippen molar-refractivity contribution in [2.45, 2.75) is 19.8 Å². The summed E-state index contributed by atoms with van der Waals surface area (Å²) >= 11 is 0. The smallest absolute Gasteiger partial charge is 0.233 e. The van der Waals surface area contributed by atoms with Crippen molar-refractivity contribution in [3.63, 3.8) is 0 Å². The Morgan fingerprint density at radius 2 is 1.69 bits per heavy atom. The van der Waals surface area contributed by atoms with Gasteiger partial charge in [-0.15, -0.1) is 0 Å². The number of amides is 1. The van der Waals surface area contributed by atoms with Crippen molar-refractivity contribution in [3.05, 3.63) is 89.2 Å². The number of carbonyl (C=O) groups excluding carboxylic acids is 2. The molecule has 1 aromatic heterocycles. The normalized spacial score (nSPS) is 11.6. The van der Waals surface area contributed by atoms with Crippen molar-refractivity contribution in [1.29, 1.82) is 0 Å². The summed E-state index contributed by atoms with van der Waals surface area (Å²) < 4.78 is 0. The molecule has 0 radical (unpaired) electrons. The highest BCUT2D eigenvalue weighted by Gasteiger charge is 2.18. The van der Waals surface area contributed by atoms with E-state index in [0.29, 0.717) is 11.1 Å². The van der Waals surface area contributed by atoms with Gasteiger partial charge in [0.1, 0.15) is 0 Å². The summed E-state index contributed by atoms with van der Waals surface area (Å²) in [6.45, 7) is 3.62. The van der Waals surface area contributed by atoms with E-state index in [4.69, 9.17) is 0 Å². The Bertz CT molecular complexity index is 939. The van der Waals surface area contributed by atoms with E-state index in [1.807, 2.05) is 31.2 Å². The van der Waals surface area contributed by atoms with E-state index in [1.165, 1.54) is 0 Å². The van der Waals surface area contributed by atoms with E-state index in [9.17, 15) is 9.59 Å². The molecule has 1 unspecified atom stereocenters. The highest BCUT2D eigenvalue weighted by Crippen LogP contribution is 2.20. The number of hydrogen-bond donors (Lipinski definition) is 1. The van der Waals surface area contributed by atoms with E-state index >= 15 is 0 Å². The molecule has 1 atom stereocenters. The minimum absolute atomic E-state index is 0.0675. The number of ketones is 1. The van der Waals surface area contributed by atoms with Gasteiger partial charge >= 0.3 is 0 Å². The SMILES string of the molecule is Cc1ccnc(NC(=O)C(C)c2cccc(C(=O)c3ccccc3)c2)n1. The van der Waals surface area contributed by atoms with E-state index in [-0.39, 0.29) is 17.6 Å². The van der Waals surface area contributed by atoms with Gasteiger partial charge in [-0.2, -0.15) is 0 Å². The van der Waals surface area contributed by atoms with Gasteiger partial charge in [-0.1, -0.05) is 48.5 Å². The van der Waals surface area contributed by atoms with Crippen molar-refractivity contribution >= 4 is 17.6 Å². The van der Waals surface area contributed by atoms with Crippen molar-refractivity contribution in [2.75, 3.05) is 5.32 Å². The van der Waals surface area contributed by atoms with Crippen LogP contribution in [0.15, 0.2) is 66.9 Å². The number of anilines is 1. The predicted octanol–water partition coefficient (Wildman–Crippen LogP) is 3.76. The number of hydrogen-bond acceptors (Lipinski definition) is 4. The van der Waals surface area contributed by atoms with Gasteiger partial charge in [0.15, 0.2) is 5.78 Å². The van der Waals surface area contributed by atoms with E-state index < -0.39 is 5.92 Å². The first-order valence-corrected chi connectivity index (χ1v) is 8.35. The fourth-order valence-electron chi connectivity index (χ4n) is 2.58. The lowest BCUT2D eigenvalue weighted by atomic mass is 9.95. The molecule has 0 spiro atoms. The Hall–Kier alpha value is -3.34. The molecule has 0 aliphatic carbocycles. The summed E-state index contributed by atoms with van der Waals surface area (Å²) in [5, 5.41) is 2.72. The molecule has 0 fully saturated rings. The molecule has 1 amide bonds. The van der Waals surface area contributed by atoms with Gasteiger partial charge in [0.25, 0.3) is 0 Å². The summed E-state index contributed by atoms with van der Waals surface area (Å²) in [5.74, 6) is -0.456. The van der Waals surface area contributed by atoms with Crippen molar-refractivity contribution in [3.8, 4) is 0 Å². The van der Waals surface area contributed by atoms with Gasteiger partial charge in [-0.25, -0.2) is 9.97 Å². The molecule has 0 saturated carbocycles. The molecule has 0 saturated heterocycles. The highest BCUT2D eigenvalue weighted by atomic mass is 16.2. The summed E-state index contributed by atoms with van der Waals surface area (Å²) in [6, 6.07) is 18.0. The molecule has 1 N–H and O–H groups in total. The molecular formula is C21H19N3O2. The Morgan fingerprint density at radius 1 is 0.962 bits per heavy atom. The standard InChI is InChI=1S/C21H19N3O2/c1-14-11-12-22-21(23-14)24-20(26)15(2)17-9-6-10-18(13-17)19(25)16-7-4-3-5-8-16/h3-13,15H,1-2H3,(H,22,23,24,26). The number of nitrogens with zero attached hydrogens (tertiary/aromatic N) is 2. The molecule has 2 aromatic carbocycles. The Morgan fingerprint density at radius 3 is 2.42 bits per heavy atom. The van der Waals surface area contributed by atoms with Crippen LogP contribution in [-0.4, -0.2) is 21.7 Å². The molecule has 26 heavy (non-hydrogen) atoms. The van der Waals surface area contributed by atoms with Crippen molar-refractivity contribution in [1.82, 2.24) is 9.97 Å². The molecule has 130 valence electrons. The maximum atomic E-state index is 12.6. The van der Waals surface area contributed by atoms with Gasteiger partial charge in [0.05, 0.1) is 5.92 Å². The second kappa shape index (κ2) is 7.70. The van der Waals surface area contributed by atoms with Crippen LogP contribution in [0.4, 0.5) is 5.95 Å². The second-order valence-electron chi connectivity index (χ2n) is 6.05. The number of nitrogens with one attached hydrogen (secondary N) is 1. The van der Waals surface area contributed by atoms with E-state index in [0.717, 1.165) is 11.3 Å². The zero-order chi connectivity index (χ0) is 18.5. The maximum Gasteiger partial charge on any atom is 0.233 e. The zero-order valence-corrected chi connectivity index (χ0v) is 14.6. The largest absolute Gasteiger partial charge is 0.294 e. The second-order valence-corrected chi connectivity index (χ2v) is 6.05. The van der Waals surface area contributed by atoms with Crippen LogP contribution in [0.1, 0.15) is 40.0 Å². The summed E-state index contributed by atoms with van der Waals surface area (Å²) in [6.07, 6.45) is 1.60. The third-order valence-electron chi connectivity index (χ3n) is 4.11. The van der Waals surface area contributed by atoms with E-state index in [2.05, 4.69) is 15.3 Å². The molecule has 0 aliphatic rings. The van der Waals surface area contributed by atoms with Crippen LogP contribution in [0.25, 0.3) is 0 Å². The molecule has 5 heteroatoms. The van der Waals surface area contributed by atoms with Crippen LogP contribution in [0.5, 0.6) is 0 Å². The third-order valence-corrected chi connectivity index (χ3v) is 4.11. The van der Waals surface area contributed by atoms with Crippen LogP contribution < -0.4 is 5.32 Å². The fraction of sp³-hybridized carbons (Fsp3) is 0.143. The zero-order valence-electron chi connectivity index (χ0n) is 14.6. The Balaban J connectivity index is 1.78. The highest BCUT2D eigenvalue weighted by molar-refractivity contribution is 6.09. The molecule has 0 bridgehead atoms. The van der Waals surface area contributed by atoms with Crippen LogP contribution in [-0.2, 0) is 4.79 Å². The minimum Gasteiger partial charge on any atom is -0.294 e. The predicted molar refractivity (Wildman–Crippen MR) is 100 cm³/mol. The average molecular weight is 345 g/mol. The number of carbonyl (C=O) groups is 2. The molecule has 3 aromatic rings. The molecule has 5 nitrogen and oxygen atoms in total. The molecule has 1 heterocycles. The summed E-state index contributed by atoms with van der Waals surface area (Å²) in [4.78, 5) is 33.3. The topological polar surface area (TPSA) is 72.0 Å². The van der Waals surface area contributed by atoms with Crippen LogP contribution in [0, 0.1) is 6.92 Å². The van der Waals surface area contributed by atoms with Gasteiger partial charge < -0.3 is 0 Å². The lowest BCUT2D eigenvalue weighted by molar-refractivity contribution is -0.117. The van der Waals surface area contributed by atoms with Gasteiger partial charge in [0.2, 0.25) is 11.9 Å². The van der Waals surface area contributed by atoms with Crippen LogP contribution in [0.2, 0.25) is 0 Å². The Labute approximate surface area is 152 Å². The van der Waals surface area contributed by atoms with Gasteiger partial charge in [-0.05, 0) is 31.5 Å². The van der Waals surface area contributed by atoms with Gasteiger partial charge in [-0.3, -0.25) is 14.9 Å². The quantitative estimate of drug-likeness (QED) is 0.715.